The maximum absolute atomic E-state index is 4.84. The molecule has 1 aromatic heterocycles. The number of aromatic nitrogens is 3. The van der Waals surface area contributed by atoms with Gasteiger partial charge in [0.15, 0.2) is 17.5 Å². The first-order valence-electron chi connectivity index (χ1n) is 9.89. The second kappa shape index (κ2) is 7.59. The van der Waals surface area contributed by atoms with Crippen molar-refractivity contribution in [2.45, 2.75) is 34.6 Å². The van der Waals surface area contributed by atoms with E-state index >= 15 is 0 Å². The summed E-state index contributed by atoms with van der Waals surface area (Å²) in [5, 5.41) is 0. The fourth-order valence-corrected chi connectivity index (χ4v) is 3.23. The summed E-state index contributed by atoms with van der Waals surface area (Å²) in [6, 6.07) is 21.0. The summed E-state index contributed by atoms with van der Waals surface area (Å²) in [4.78, 5) is 14.5. The van der Waals surface area contributed by atoms with Gasteiger partial charge >= 0.3 is 0 Å². The van der Waals surface area contributed by atoms with Crippen molar-refractivity contribution in [3.05, 3.63) is 88.5 Å². The highest BCUT2D eigenvalue weighted by Gasteiger charge is 2.13. The zero-order valence-corrected chi connectivity index (χ0v) is 17.6. The van der Waals surface area contributed by atoms with Gasteiger partial charge in [-0.2, -0.15) is 0 Å². The van der Waals surface area contributed by atoms with Crippen LogP contribution in [0.4, 0.5) is 0 Å². The van der Waals surface area contributed by atoms with Gasteiger partial charge in [0.05, 0.1) is 0 Å². The van der Waals surface area contributed by atoms with Gasteiger partial charge in [-0.05, 0) is 69.0 Å². The van der Waals surface area contributed by atoms with Crippen LogP contribution in [0.15, 0.2) is 60.7 Å². The lowest BCUT2D eigenvalue weighted by atomic mass is 10.0. The van der Waals surface area contributed by atoms with E-state index in [0.717, 1.165) is 16.7 Å². The van der Waals surface area contributed by atoms with Crippen molar-refractivity contribution in [1.29, 1.82) is 0 Å². The first kappa shape index (κ1) is 19.0. The smallest absolute Gasteiger partial charge is 0.164 e. The molecule has 0 N–H and O–H groups in total. The molecule has 4 rings (SSSR count). The van der Waals surface area contributed by atoms with Gasteiger partial charge in [-0.3, -0.25) is 0 Å². The first-order valence-corrected chi connectivity index (χ1v) is 9.89. The van der Waals surface area contributed by atoms with Crippen LogP contribution in [0.3, 0.4) is 0 Å². The Morgan fingerprint density at radius 3 is 1.21 bits per heavy atom. The van der Waals surface area contributed by atoms with E-state index in [9.17, 15) is 0 Å². The minimum absolute atomic E-state index is 0.696. The van der Waals surface area contributed by atoms with Crippen LogP contribution >= 0.6 is 0 Å². The van der Waals surface area contributed by atoms with Crippen molar-refractivity contribution in [3.8, 4) is 34.2 Å². The van der Waals surface area contributed by atoms with Gasteiger partial charge in [0.1, 0.15) is 0 Å². The van der Waals surface area contributed by atoms with Crippen molar-refractivity contribution in [3.63, 3.8) is 0 Å². The Morgan fingerprint density at radius 2 is 0.793 bits per heavy atom. The van der Waals surface area contributed by atoms with Crippen LogP contribution in [0.25, 0.3) is 34.2 Å². The third-order valence-corrected chi connectivity index (χ3v) is 5.48. The predicted octanol–water partition coefficient (Wildman–Crippen LogP) is 6.41. The molecule has 0 spiro atoms. The van der Waals surface area contributed by atoms with Gasteiger partial charge in [0, 0.05) is 16.7 Å². The van der Waals surface area contributed by atoms with Gasteiger partial charge < -0.3 is 0 Å². The summed E-state index contributed by atoms with van der Waals surface area (Å²) in [6.07, 6.45) is 0. The van der Waals surface area contributed by atoms with Gasteiger partial charge in [-0.25, -0.2) is 15.0 Å². The van der Waals surface area contributed by atoms with E-state index in [2.05, 4.69) is 95.3 Å². The lowest BCUT2D eigenvalue weighted by molar-refractivity contribution is 1.07. The molecule has 0 saturated carbocycles. The predicted molar refractivity (Wildman–Crippen MR) is 120 cm³/mol. The van der Waals surface area contributed by atoms with Crippen molar-refractivity contribution >= 4 is 0 Å². The minimum atomic E-state index is 0.696. The molecule has 0 unspecified atom stereocenters. The highest BCUT2D eigenvalue weighted by Crippen LogP contribution is 2.27. The number of nitrogens with zero attached hydrogens (tertiary/aromatic N) is 3. The van der Waals surface area contributed by atoms with Crippen LogP contribution in [0.2, 0.25) is 0 Å². The highest BCUT2D eigenvalue weighted by molar-refractivity contribution is 5.67. The van der Waals surface area contributed by atoms with Crippen LogP contribution < -0.4 is 0 Å². The molecule has 3 aromatic carbocycles. The maximum atomic E-state index is 4.84. The van der Waals surface area contributed by atoms with E-state index in [-0.39, 0.29) is 0 Å². The highest BCUT2D eigenvalue weighted by atomic mass is 15.0. The molecule has 0 fully saturated rings. The van der Waals surface area contributed by atoms with Crippen molar-refractivity contribution < 1.29 is 0 Å². The lowest BCUT2D eigenvalue weighted by Crippen LogP contribution is -2.01. The molecule has 0 aliphatic heterocycles. The largest absolute Gasteiger partial charge is 0.208 e. The molecule has 29 heavy (non-hydrogen) atoms. The molecule has 0 bridgehead atoms. The third-order valence-electron chi connectivity index (χ3n) is 5.48. The minimum Gasteiger partial charge on any atom is -0.208 e. The Labute approximate surface area is 172 Å². The zero-order chi connectivity index (χ0) is 20.5. The molecular weight excluding hydrogens is 354 g/mol. The third kappa shape index (κ3) is 3.95. The maximum Gasteiger partial charge on any atom is 0.164 e. The Morgan fingerprint density at radius 1 is 0.414 bits per heavy atom. The quantitative estimate of drug-likeness (QED) is 0.412. The molecule has 0 radical (unpaired) electrons. The van der Waals surface area contributed by atoms with Crippen LogP contribution in [0.5, 0.6) is 0 Å². The van der Waals surface area contributed by atoms with Gasteiger partial charge in [0.2, 0.25) is 0 Å². The summed E-state index contributed by atoms with van der Waals surface area (Å²) in [5.41, 5.74) is 9.20. The first-order chi connectivity index (χ1) is 13.9. The Bertz CT molecular complexity index is 1120. The molecule has 0 amide bonds. The lowest BCUT2D eigenvalue weighted by Gasteiger charge is -2.10. The Kier molecular flexibility index (Phi) is 4.98. The molecule has 3 nitrogen and oxygen atoms in total. The molecule has 0 saturated heterocycles. The number of aryl methyl sites for hydroxylation is 5. The summed E-state index contributed by atoms with van der Waals surface area (Å²) in [6.45, 7) is 10.5. The molecule has 4 aromatic rings. The molecular formula is C26H25N3. The van der Waals surface area contributed by atoms with E-state index in [0.29, 0.717) is 17.5 Å². The molecule has 0 atom stereocenters. The van der Waals surface area contributed by atoms with Crippen LogP contribution in [-0.4, -0.2) is 15.0 Å². The van der Waals surface area contributed by atoms with E-state index in [1.54, 1.807) is 0 Å². The van der Waals surface area contributed by atoms with Crippen molar-refractivity contribution in [2.24, 2.45) is 0 Å². The van der Waals surface area contributed by atoms with E-state index in [4.69, 9.17) is 15.0 Å². The zero-order valence-electron chi connectivity index (χ0n) is 17.6. The number of hydrogen-bond donors (Lipinski definition) is 0. The van der Waals surface area contributed by atoms with Crippen molar-refractivity contribution in [1.82, 2.24) is 15.0 Å². The number of hydrogen-bond acceptors (Lipinski definition) is 3. The summed E-state index contributed by atoms with van der Waals surface area (Å²) in [5.74, 6) is 2.10. The molecule has 0 aliphatic rings. The van der Waals surface area contributed by atoms with Gasteiger partial charge in [0.25, 0.3) is 0 Å². The van der Waals surface area contributed by atoms with E-state index < -0.39 is 0 Å². The second-order valence-corrected chi connectivity index (χ2v) is 7.77. The summed E-state index contributed by atoms with van der Waals surface area (Å²) < 4.78 is 0. The van der Waals surface area contributed by atoms with Gasteiger partial charge in [-0.1, -0.05) is 54.1 Å². The normalized spacial score (nSPS) is 10.9. The van der Waals surface area contributed by atoms with E-state index in [1.165, 1.54) is 27.8 Å². The molecule has 3 heteroatoms. The number of rotatable bonds is 3. The van der Waals surface area contributed by atoms with Crippen molar-refractivity contribution in [2.75, 3.05) is 0 Å². The average Bonchev–Trinajstić information content (AvgIpc) is 2.72. The van der Waals surface area contributed by atoms with Crippen LogP contribution in [-0.2, 0) is 0 Å². The Hall–Kier alpha value is -3.33. The standard InChI is InChI=1S/C26H25N3/c1-16-6-10-21(11-7-16)24-27-25(22-12-8-17(2)19(4)14-22)29-26(28-24)23-13-9-18(3)20(5)15-23/h6-15H,1-5H3. The topological polar surface area (TPSA) is 38.7 Å². The summed E-state index contributed by atoms with van der Waals surface area (Å²) >= 11 is 0. The monoisotopic (exact) mass is 379 g/mol. The average molecular weight is 380 g/mol. The fraction of sp³-hybridized carbons (Fsp3) is 0.192. The van der Waals surface area contributed by atoms with Crippen LogP contribution in [0.1, 0.15) is 27.8 Å². The SMILES string of the molecule is Cc1ccc(-c2nc(-c3ccc(C)c(C)c3)nc(-c3ccc(C)c(C)c3)n2)cc1. The van der Waals surface area contributed by atoms with Crippen LogP contribution in [0, 0.1) is 34.6 Å². The summed E-state index contributed by atoms with van der Waals surface area (Å²) in [7, 11) is 0. The van der Waals surface area contributed by atoms with Gasteiger partial charge in [-0.15, -0.1) is 0 Å². The van der Waals surface area contributed by atoms with E-state index in [1.807, 2.05) is 0 Å². The molecule has 1 heterocycles. The molecule has 144 valence electrons. The fourth-order valence-electron chi connectivity index (χ4n) is 3.23. The number of benzene rings is 3. The molecule has 0 aliphatic carbocycles. The second-order valence-electron chi connectivity index (χ2n) is 7.77. The Balaban J connectivity index is 1.92.